The van der Waals surface area contributed by atoms with Crippen LogP contribution in [0.2, 0.25) is 0 Å². The first-order chi connectivity index (χ1) is 8.74. The summed E-state index contributed by atoms with van der Waals surface area (Å²) >= 11 is 0. The number of aromatic amines is 1. The zero-order valence-corrected chi connectivity index (χ0v) is 9.34. The van der Waals surface area contributed by atoms with E-state index in [4.69, 9.17) is 14.6 Å². The molecule has 1 aliphatic rings. The molecular weight excluding hydrogens is 236 g/mol. The number of ether oxygens (including phenoxy) is 2. The van der Waals surface area contributed by atoms with E-state index >= 15 is 0 Å². The second-order valence-electron chi connectivity index (χ2n) is 3.81. The SMILES string of the molecule is O=C(O)c1ncc(-c2ccc3c(c2)OCCO3)[nH]1. The summed E-state index contributed by atoms with van der Waals surface area (Å²) in [7, 11) is 0. The number of nitrogens with one attached hydrogen (secondary N) is 1. The number of nitrogens with zero attached hydrogens (tertiary/aromatic N) is 1. The lowest BCUT2D eigenvalue weighted by molar-refractivity contribution is 0.0685. The number of aromatic carboxylic acids is 1. The third-order valence-electron chi connectivity index (χ3n) is 2.63. The maximum atomic E-state index is 10.7. The summed E-state index contributed by atoms with van der Waals surface area (Å²) in [5.41, 5.74) is 1.43. The molecule has 1 aromatic carbocycles. The summed E-state index contributed by atoms with van der Waals surface area (Å²) < 4.78 is 10.9. The summed E-state index contributed by atoms with van der Waals surface area (Å²) in [5, 5.41) is 8.80. The topological polar surface area (TPSA) is 84.4 Å². The molecule has 3 rings (SSSR count). The fourth-order valence-electron chi connectivity index (χ4n) is 1.79. The van der Waals surface area contributed by atoms with Gasteiger partial charge in [-0.25, -0.2) is 9.78 Å². The standard InChI is InChI=1S/C12H10N2O4/c15-12(16)11-13-6-8(14-11)7-1-2-9-10(5-7)18-4-3-17-9/h1-2,5-6H,3-4H2,(H,13,14)(H,15,16). The molecule has 0 saturated carbocycles. The van der Waals surface area contributed by atoms with E-state index < -0.39 is 5.97 Å². The van der Waals surface area contributed by atoms with E-state index in [2.05, 4.69) is 9.97 Å². The maximum Gasteiger partial charge on any atom is 0.371 e. The molecule has 0 spiro atoms. The lowest BCUT2D eigenvalue weighted by Gasteiger charge is -2.18. The third-order valence-corrected chi connectivity index (χ3v) is 2.63. The van der Waals surface area contributed by atoms with Gasteiger partial charge in [0.15, 0.2) is 11.5 Å². The third kappa shape index (κ3) is 1.77. The Hall–Kier alpha value is -2.50. The average molecular weight is 246 g/mol. The van der Waals surface area contributed by atoms with Crippen molar-refractivity contribution in [2.24, 2.45) is 0 Å². The predicted molar refractivity (Wildman–Crippen MR) is 62.0 cm³/mol. The second kappa shape index (κ2) is 4.06. The molecule has 0 bridgehead atoms. The molecule has 0 unspecified atom stereocenters. The minimum atomic E-state index is -1.08. The van der Waals surface area contributed by atoms with Crippen molar-refractivity contribution in [1.29, 1.82) is 0 Å². The molecule has 2 heterocycles. The first-order valence-corrected chi connectivity index (χ1v) is 5.42. The van der Waals surface area contributed by atoms with Gasteiger partial charge >= 0.3 is 5.97 Å². The molecule has 0 fully saturated rings. The van der Waals surface area contributed by atoms with Crippen molar-refractivity contribution in [3.05, 3.63) is 30.2 Å². The van der Waals surface area contributed by atoms with E-state index in [1.165, 1.54) is 6.20 Å². The Morgan fingerprint density at radius 2 is 2.06 bits per heavy atom. The molecule has 92 valence electrons. The number of imidazole rings is 1. The number of hydrogen-bond donors (Lipinski definition) is 2. The van der Waals surface area contributed by atoms with Crippen LogP contribution < -0.4 is 9.47 Å². The summed E-state index contributed by atoms with van der Waals surface area (Å²) in [5.74, 6) is 0.187. The summed E-state index contributed by atoms with van der Waals surface area (Å²) in [4.78, 5) is 17.2. The summed E-state index contributed by atoms with van der Waals surface area (Å²) in [6.45, 7) is 1.05. The van der Waals surface area contributed by atoms with Crippen molar-refractivity contribution in [3.8, 4) is 22.8 Å². The highest BCUT2D eigenvalue weighted by Crippen LogP contribution is 2.33. The summed E-state index contributed by atoms with van der Waals surface area (Å²) in [6, 6.07) is 5.42. The highest BCUT2D eigenvalue weighted by Gasteiger charge is 2.14. The summed E-state index contributed by atoms with van der Waals surface area (Å²) in [6.07, 6.45) is 1.48. The molecule has 0 atom stereocenters. The minimum absolute atomic E-state index is 0.0834. The van der Waals surface area contributed by atoms with Gasteiger partial charge in [0.05, 0.1) is 11.9 Å². The Morgan fingerprint density at radius 3 is 2.78 bits per heavy atom. The van der Waals surface area contributed by atoms with E-state index in [1.807, 2.05) is 6.07 Å². The molecule has 0 aliphatic carbocycles. The van der Waals surface area contributed by atoms with Gasteiger partial charge in [-0.2, -0.15) is 0 Å². The molecule has 1 aliphatic heterocycles. The molecule has 0 saturated heterocycles. The van der Waals surface area contributed by atoms with Crippen LogP contribution in [0.25, 0.3) is 11.3 Å². The maximum absolute atomic E-state index is 10.7. The van der Waals surface area contributed by atoms with Gasteiger partial charge in [-0.05, 0) is 18.2 Å². The Labute approximate surface area is 102 Å². The van der Waals surface area contributed by atoms with Crippen molar-refractivity contribution in [2.75, 3.05) is 13.2 Å². The molecule has 0 amide bonds. The smallest absolute Gasteiger partial charge is 0.371 e. The number of benzene rings is 1. The molecule has 2 aromatic rings. The molecule has 0 radical (unpaired) electrons. The van der Waals surface area contributed by atoms with Gasteiger partial charge in [-0.1, -0.05) is 0 Å². The van der Waals surface area contributed by atoms with Crippen LogP contribution in [0.4, 0.5) is 0 Å². The molecule has 6 heteroatoms. The average Bonchev–Trinajstić information content (AvgIpc) is 2.88. The Bertz CT molecular complexity index is 606. The second-order valence-corrected chi connectivity index (χ2v) is 3.81. The molecule has 1 aromatic heterocycles. The largest absolute Gasteiger partial charge is 0.486 e. The predicted octanol–water partition coefficient (Wildman–Crippen LogP) is 1.55. The number of fused-ring (bicyclic) bond motifs is 1. The van der Waals surface area contributed by atoms with Crippen LogP contribution in [0.1, 0.15) is 10.6 Å². The van der Waals surface area contributed by atoms with Crippen LogP contribution in [0.3, 0.4) is 0 Å². The van der Waals surface area contributed by atoms with Crippen LogP contribution in [-0.2, 0) is 0 Å². The van der Waals surface area contributed by atoms with Gasteiger partial charge in [-0.15, -0.1) is 0 Å². The van der Waals surface area contributed by atoms with Gasteiger partial charge in [0.25, 0.3) is 0 Å². The number of carbonyl (C=O) groups is 1. The van der Waals surface area contributed by atoms with Gasteiger partial charge in [-0.3, -0.25) is 0 Å². The van der Waals surface area contributed by atoms with E-state index in [9.17, 15) is 4.79 Å². The van der Waals surface area contributed by atoms with Crippen molar-refractivity contribution in [3.63, 3.8) is 0 Å². The number of carboxylic acids is 1. The van der Waals surface area contributed by atoms with E-state index in [0.717, 1.165) is 5.56 Å². The van der Waals surface area contributed by atoms with Crippen molar-refractivity contribution in [2.45, 2.75) is 0 Å². The number of H-pyrrole nitrogens is 1. The molecule has 2 N–H and O–H groups in total. The van der Waals surface area contributed by atoms with Crippen LogP contribution >= 0.6 is 0 Å². The zero-order valence-electron chi connectivity index (χ0n) is 9.34. The lowest BCUT2D eigenvalue weighted by Crippen LogP contribution is -2.15. The van der Waals surface area contributed by atoms with Crippen molar-refractivity contribution >= 4 is 5.97 Å². The Balaban J connectivity index is 1.98. The number of carboxylic acid groups (broad SMARTS) is 1. The van der Waals surface area contributed by atoms with E-state index in [0.29, 0.717) is 30.4 Å². The lowest BCUT2D eigenvalue weighted by atomic mass is 10.1. The van der Waals surface area contributed by atoms with Crippen LogP contribution in [-0.4, -0.2) is 34.3 Å². The fourth-order valence-corrected chi connectivity index (χ4v) is 1.79. The molecule has 18 heavy (non-hydrogen) atoms. The molecule has 6 nitrogen and oxygen atoms in total. The first-order valence-electron chi connectivity index (χ1n) is 5.42. The van der Waals surface area contributed by atoms with Crippen LogP contribution in [0.15, 0.2) is 24.4 Å². The normalized spacial score (nSPS) is 13.3. The van der Waals surface area contributed by atoms with Crippen LogP contribution in [0, 0.1) is 0 Å². The van der Waals surface area contributed by atoms with Crippen LogP contribution in [0.5, 0.6) is 11.5 Å². The van der Waals surface area contributed by atoms with Gasteiger partial charge < -0.3 is 19.6 Å². The quantitative estimate of drug-likeness (QED) is 0.839. The number of hydrogen-bond acceptors (Lipinski definition) is 4. The fraction of sp³-hybridized carbons (Fsp3) is 0.167. The minimum Gasteiger partial charge on any atom is -0.486 e. The highest BCUT2D eigenvalue weighted by atomic mass is 16.6. The van der Waals surface area contributed by atoms with Gasteiger partial charge in [0, 0.05) is 5.56 Å². The zero-order chi connectivity index (χ0) is 12.5. The van der Waals surface area contributed by atoms with Gasteiger partial charge in [0.2, 0.25) is 5.82 Å². The van der Waals surface area contributed by atoms with E-state index in [-0.39, 0.29) is 5.82 Å². The number of aromatic nitrogens is 2. The monoisotopic (exact) mass is 246 g/mol. The molecular formula is C12H10N2O4. The first kappa shape index (κ1) is 10.6. The van der Waals surface area contributed by atoms with Gasteiger partial charge in [0.1, 0.15) is 13.2 Å². The Morgan fingerprint density at radius 1 is 1.28 bits per heavy atom. The Kier molecular flexibility index (Phi) is 2.40. The number of rotatable bonds is 2. The van der Waals surface area contributed by atoms with Crippen molar-refractivity contribution < 1.29 is 19.4 Å². The highest BCUT2D eigenvalue weighted by molar-refractivity contribution is 5.84. The van der Waals surface area contributed by atoms with E-state index in [1.54, 1.807) is 12.1 Å². The van der Waals surface area contributed by atoms with Crippen molar-refractivity contribution in [1.82, 2.24) is 9.97 Å².